The number of nitro groups is 1. The number of rotatable bonds is 1. The highest BCUT2D eigenvalue weighted by Gasteiger charge is 2.22. The lowest BCUT2D eigenvalue weighted by molar-refractivity contribution is -0.380. The number of halogens is 1. The SMILES string of the molecule is N#Cc1c(N)sc([N+](=O)[O-])c1Br. The molecule has 0 fully saturated rings. The molecule has 0 atom stereocenters. The number of hydrogen-bond donors (Lipinski definition) is 1. The highest BCUT2D eigenvalue weighted by molar-refractivity contribution is 9.10. The van der Waals surface area contributed by atoms with E-state index in [-0.39, 0.29) is 20.0 Å². The average Bonchev–Trinajstić information content (AvgIpc) is 2.27. The number of nitriles is 1. The van der Waals surface area contributed by atoms with Crippen LogP contribution < -0.4 is 5.73 Å². The molecular formula is C5H2BrN3O2S. The first-order valence-corrected chi connectivity index (χ1v) is 4.31. The molecule has 0 unspecified atom stereocenters. The maximum Gasteiger partial charge on any atom is 0.341 e. The number of nitrogen functional groups attached to an aromatic ring is 1. The van der Waals surface area contributed by atoms with Crippen LogP contribution in [0.5, 0.6) is 0 Å². The van der Waals surface area contributed by atoms with Gasteiger partial charge in [-0.2, -0.15) is 5.26 Å². The lowest BCUT2D eigenvalue weighted by Crippen LogP contribution is -1.84. The van der Waals surface area contributed by atoms with Crippen molar-refractivity contribution in [2.24, 2.45) is 0 Å². The van der Waals surface area contributed by atoms with E-state index in [4.69, 9.17) is 11.0 Å². The minimum atomic E-state index is -0.577. The Balaban J connectivity index is 3.39. The standard InChI is InChI=1S/C5H2BrN3O2S/c6-3-2(1-7)4(8)12-5(3)9(10)11/h8H2. The van der Waals surface area contributed by atoms with Crippen LogP contribution in [0.25, 0.3) is 0 Å². The molecule has 0 saturated heterocycles. The van der Waals surface area contributed by atoms with Gasteiger partial charge in [0.1, 0.15) is 21.1 Å². The summed E-state index contributed by atoms with van der Waals surface area (Å²) in [4.78, 5) is 9.75. The largest absolute Gasteiger partial charge is 0.389 e. The van der Waals surface area contributed by atoms with Crippen LogP contribution in [0.3, 0.4) is 0 Å². The first-order valence-electron chi connectivity index (χ1n) is 2.70. The van der Waals surface area contributed by atoms with E-state index in [1.54, 1.807) is 6.07 Å². The number of nitrogens with two attached hydrogens (primary N) is 1. The van der Waals surface area contributed by atoms with Crippen LogP contribution >= 0.6 is 27.3 Å². The van der Waals surface area contributed by atoms with Gasteiger partial charge in [-0.25, -0.2) is 0 Å². The van der Waals surface area contributed by atoms with Gasteiger partial charge in [0.15, 0.2) is 0 Å². The molecule has 0 aliphatic carbocycles. The predicted octanol–water partition coefficient (Wildman–Crippen LogP) is 1.87. The Morgan fingerprint density at radius 2 is 2.33 bits per heavy atom. The molecule has 1 aromatic rings. The zero-order valence-electron chi connectivity index (χ0n) is 5.57. The van der Waals surface area contributed by atoms with Crippen molar-refractivity contribution in [3.8, 4) is 6.07 Å². The fraction of sp³-hybridized carbons (Fsp3) is 0. The van der Waals surface area contributed by atoms with Crippen LogP contribution in [0.1, 0.15) is 5.56 Å². The molecule has 12 heavy (non-hydrogen) atoms. The van der Waals surface area contributed by atoms with Crippen molar-refractivity contribution in [3.05, 3.63) is 20.2 Å². The molecular weight excluding hydrogens is 246 g/mol. The summed E-state index contributed by atoms with van der Waals surface area (Å²) in [5.74, 6) is 0. The molecule has 0 bridgehead atoms. The van der Waals surface area contributed by atoms with E-state index >= 15 is 0 Å². The number of anilines is 1. The third-order valence-electron chi connectivity index (χ3n) is 1.14. The first kappa shape index (κ1) is 8.96. The Bertz CT molecular complexity index is 381. The van der Waals surface area contributed by atoms with Crippen LogP contribution in [-0.4, -0.2) is 4.92 Å². The van der Waals surface area contributed by atoms with Gasteiger partial charge in [0.25, 0.3) is 0 Å². The lowest BCUT2D eigenvalue weighted by Gasteiger charge is -1.83. The summed E-state index contributed by atoms with van der Waals surface area (Å²) in [6.45, 7) is 0. The van der Waals surface area contributed by atoms with Crippen LogP contribution in [-0.2, 0) is 0 Å². The molecule has 5 nitrogen and oxygen atoms in total. The van der Waals surface area contributed by atoms with Crippen LogP contribution in [0.4, 0.5) is 10.0 Å². The zero-order chi connectivity index (χ0) is 9.30. The van der Waals surface area contributed by atoms with Crippen molar-refractivity contribution in [2.75, 3.05) is 5.73 Å². The number of thiophene rings is 1. The van der Waals surface area contributed by atoms with E-state index in [1.807, 2.05) is 0 Å². The van der Waals surface area contributed by atoms with Crippen LogP contribution in [0, 0.1) is 21.4 Å². The maximum atomic E-state index is 10.3. The van der Waals surface area contributed by atoms with Gasteiger partial charge >= 0.3 is 5.00 Å². The normalized spacial score (nSPS) is 9.33. The monoisotopic (exact) mass is 247 g/mol. The van der Waals surface area contributed by atoms with E-state index in [0.29, 0.717) is 0 Å². The summed E-state index contributed by atoms with van der Waals surface area (Å²) in [7, 11) is 0. The van der Waals surface area contributed by atoms with Crippen molar-refractivity contribution >= 4 is 37.3 Å². The highest BCUT2D eigenvalue weighted by atomic mass is 79.9. The topological polar surface area (TPSA) is 93.0 Å². The summed E-state index contributed by atoms with van der Waals surface area (Å²) in [6.07, 6.45) is 0. The van der Waals surface area contributed by atoms with E-state index in [9.17, 15) is 10.1 Å². The summed E-state index contributed by atoms with van der Waals surface area (Å²) in [5, 5.41) is 18.9. The predicted molar refractivity (Wildman–Crippen MR) is 47.8 cm³/mol. The summed E-state index contributed by atoms with van der Waals surface area (Å²) in [6, 6.07) is 1.77. The summed E-state index contributed by atoms with van der Waals surface area (Å²) >= 11 is 3.71. The van der Waals surface area contributed by atoms with Crippen molar-refractivity contribution in [1.82, 2.24) is 0 Å². The van der Waals surface area contributed by atoms with Gasteiger partial charge in [-0.3, -0.25) is 10.1 Å². The van der Waals surface area contributed by atoms with E-state index in [0.717, 1.165) is 11.3 Å². The molecule has 1 rings (SSSR count). The third-order valence-corrected chi connectivity index (χ3v) is 3.14. The quantitative estimate of drug-likeness (QED) is 0.606. The van der Waals surface area contributed by atoms with E-state index < -0.39 is 4.92 Å². The fourth-order valence-corrected chi connectivity index (χ4v) is 2.18. The molecule has 0 aliphatic rings. The molecule has 0 saturated carbocycles. The molecule has 0 aliphatic heterocycles. The molecule has 0 aromatic carbocycles. The molecule has 2 N–H and O–H groups in total. The molecule has 1 aromatic heterocycles. The molecule has 0 amide bonds. The minimum Gasteiger partial charge on any atom is -0.389 e. The first-order chi connectivity index (χ1) is 5.57. The van der Waals surface area contributed by atoms with Crippen molar-refractivity contribution in [3.63, 3.8) is 0 Å². The number of nitrogens with zero attached hydrogens (tertiary/aromatic N) is 2. The smallest absolute Gasteiger partial charge is 0.341 e. The Hall–Kier alpha value is -1.13. The Morgan fingerprint density at radius 1 is 1.75 bits per heavy atom. The molecule has 0 radical (unpaired) electrons. The minimum absolute atomic E-state index is 0.131. The average molecular weight is 248 g/mol. The van der Waals surface area contributed by atoms with Crippen molar-refractivity contribution in [1.29, 1.82) is 5.26 Å². The van der Waals surface area contributed by atoms with Gasteiger partial charge in [0.05, 0.1) is 4.92 Å². The fourth-order valence-electron chi connectivity index (χ4n) is 0.637. The van der Waals surface area contributed by atoms with Crippen LogP contribution in [0.2, 0.25) is 0 Å². The zero-order valence-corrected chi connectivity index (χ0v) is 7.98. The Kier molecular flexibility index (Phi) is 2.30. The molecule has 1 heterocycles. The Labute approximate surface area is 79.7 Å². The van der Waals surface area contributed by atoms with Crippen LogP contribution in [0.15, 0.2) is 4.47 Å². The third kappa shape index (κ3) is 1.26. The van der Waals surface area contributed by atoms with Gasteiger partial charge in [0, 0.05) is 0 Å². The lowest BCUT2D eigenvalue weighted by atomic mass is 10.3. The van der Waals surface area contributed by atoms with Gasteiger partial charge < -0.3 is 5.73 Å². The highest BCUT2D eigenvalue weighted by Crippen LogP contribution is 2.40. The van der Waals surface area contributed by atoms with Gasteiger partial charge in [-0.05, 0) is 27.3 Å². The van der Waals surface area contributed by atoms with Crippen molar-refractivity contribution < 1.29 is 4.92 Å². The Morgan fingerprint density at radius 3 is 2.58 bits per heavy atom. The summed E-state index contributed by atoms with van der Waals surface area (Å²) < 4.78 is 0.164. The molecule has 7 heteroatoms. The van der Waals surface area contributed by atoms with Crippen molar-refractivity contribution in [2.45, 2.75) is 0 Å². The van der Waals surface area contributed by atoms with Gasteiger partial charge in [0.2, 0.25) is 0 Å². The maximum absolute atomic E-state index is 10.3. The van der Waals surface area contributed by atoms with Gasteiger partial charge in [-0.1, -0.05) is 0 Å². The second kappa shape index (κ2) is 3.08. The second-order valence-corrected chi connectivity index (χ2v) is 3.65. The van der Waals surface area contributed by atoms with E-state index in [1.165, 1.54) is 0 Å². The second-order valence-electron chi connectivity index (χ2n) is 1.83. The molecule has 0 spiro atoms. The van der Waals surface area contributed by atoms with Gasteiger partial charge in [-0.15, -0.1) is 0 Å². The van der Waals surface area contributed by atoms with E-state index in [2.05, 4.69) is 15.9 Å². The molecule has 62 valence electrons. The number of hydrogen-bond acceptors (Lipinski definition) is 5. The summed E-state index contributed by atoms with van der Waals surface area (Å²) in [5.41, 5.74) is 5.48.